The first kappa shape index (κ1) is 9.62. The van der Waals surface area contributed by atoms with Crippen molar-refractivity contribution in [3.63, 3.8) is 0 Å². The molecule has 0 spiro atoms. The summed E-state index contributed by atoms with van der Waals surface area (Å²) in [7, 11) is 0. The van der Waals surface area contributed by atoms with Crippen molar-refractivity contribution in [2.45, 2.75) is 6.92 Å². The Morgan fingerprint density at radius 3 is 3.00 bits per heavy atom. The molecule has 2 rings (SSSR count). The van der Waals surface area contributed by atoms with E-state index in [2.05, 4.69) is 0 Å². The molecule has 0 aliphatic rings. The van der Waals surface area contributed by atoms with Crippen molar-refractivity contribution < 1.29 is 9.84 Å². The minimum absolute atomic E-state index is 0.139. The normalized spacial score (nSPS) is 10.7. The number of phenolic OH excluding ortho intramolecular Hbond substituents is 1. The number of thiophene rings is 1. The van der Waals surface area contributed by atoms with Crippen LogP contribution in [0.5, 0.6) is 10.8 Å². The topological polar surface area (TPSA) is 29.5 Å². The molecule has 0 bridgehead atoms. The minimum atomic E-state index is 0.139. The number of phenols is 1. The minimum Gasteiger partial charge on any atom is -0.505 e. The largest absolute Gasteiger partial charge is 0.505 e. The molecule has 0 amide bonds. The van der Waals surface area contributed by atoms with Gasteiger partial charge in [0.1, 0.15) is 0 Å². The van der Waals surface area contributed by atoms with E-state index in [4.69, 9.17) is 16.3 Å². The molecule has 1 heterocycles. The number of aromatic hydroxyl groups is 1. The Bertz CT molecular complexity index is 464. The first-order valence-electron chi connectivity index (χ1n) is 4.26. The lowest BCUT2D eigenvalue weighted by Gasteiger charge is -1.96. The maximum atomic E-state index is 9.66. The lowest BCUT2D eigenvalue weighted by atomic mass is 10.2. The van der Waals surface area contributed by atoms with Crippen LogP contribution in [0.2, 0.25) is 5.02 Å². The zero-order chi connectivity index (χ0) is 10.1. The summed E-state index contributed by atoms with van der Waals surface area (Å²) in [5.41, 5.74) is 0. The first-order valence-corrected chi connectivity index (χ1v) is 5.45. The molecule has 74 valence electrons. The second kappa shape index (κ2) is 3.67. The molecule has 2 aromatic rings. The Balaban J connectivity index is 2.59. The van der Waals surface area contributed by atoms with Gasteiger partial charge in [0.15, 0.2) is 10.8 Å². The van der Waals surface area contributed by atoms with Crippen molar-refractivity contribution in [1.29, 1.82) is 0 Å². The van der Waals surface area contributed by atoms with Crippen LogP contribution in [0, 0.1) is 0 Å². The molecule has 1 N–H and O–H groups in total. The molecule has 0 saturated heterocycles. The third-order valence-electron chi connectivity index (χ3n) is 1.88. The number of ether oxygens (including phenoxy) is 1. The van der Waals surface area contributed by atoms with Crippen molar-refractivity contribution in [2.24, 2.45) is 0 Å². The monoisotopic (exact) mass is 228 g/mol. The smallest absolute Gasteiger partial charge is 0.175 e. The maximum Gasteiger partial charge on any atom is 0.175 e. The number of benzene rings is 1. The standard InChI is InChI=1S/C10H9ClO2S/c1-2-13-8-5-6-3-4-7(11)9(12)10(6)14-8/h3-5,12H,2H2,1H3. The highest BCUT2D eigenvalue weighted by Crippen LogP contribution is 2.40. The summed E-state index contributed by atoms with van der Waals surface area (Å²) < 4.78 is 6.13. The summed E-state index contributed by atoms with van der Waals surface area (Å²) >= 11 is 7.20. The van der Waals surface area contributed by atoms with Crippen molar-refractivity contribution in [3.05, 3.63) is 23.2 Å². The van der Waals surface area contributed by atoms with Gasteiger partial charge >= 0.3 is 0 Å². The zero-order valence-corrected chi connectivity index (χ0v) is 9.15. The quantitative estimate of drug-likeness (QED) is 0.850. The van der Waals surface area contributed by atoms with Crippen molar-refractivity contribution in [1.82, 2.24) is 0 Å². The lowest BCUT2D eigenvalue weighted by molar-refractivity contribution is 0.350. The van der Waals surface area contributed by atoms with Gasteiger partial charge in [-0.2, -0.15) is 0 Å². The maximum absolute atomic E-state index is 9.66. The molecule has 14 heavy (non-hydrogen) atoms. The third-order valence-corrected chi connectivity index (χ3v) is 3.25. The average molecular weight is 229 g/mol. The first-order chi connectivity index (χ1) is 6.72. The highest BCUT2D eigenvalue weighted by molar-refractivity contribution is 7.21. The van der Waals surface area contributed by atoms with Gasteiger partial charge in [0, 0.05) is 5.39 Å². The van der Waals surface area contributed by atoms with Crippen LogP contribution in [-0.2, 0) is 0 Å². The third kappa shape index (κ3) is 1.53. The van der Waals surface area contributed by atoms with Crippen LogP contribution in [0.4, 0.5) is 0 Å². The SMILES string of the molecule is CCOc1cc2ccc(Cl)c(O)c2s1. The molecule has 0 unspecified atom stereocenters. The molecular formula is C10H9ClO2S. The van der Waals surface area contributed by atoms with Gasteiger partial charge in [-0.3, -0.25) is 0 Å². The highest BCUT2D eigenvalue weighted by atomic mass is 35.5. The number of hydrogen-bond donors (Lipinski definition) is 1. The van der Waals surface area contributed by atoms with Gasteiger partial charge in [-0.1, -0.05) is 29.0 Å². The molecule has 0 saturated carbocycles. The molecule has 0 atom stereocenters. The summed E-state index contributed by atoms with van der Waals surface area (Å²) in [6, 6.07) is 5.46. The van der Waals surface area contributed by atoms with Crippen molar-refractivity contribution in [2.75, 3.05) is 6.61 Å². The fourth-order valence-electron chi connectivity index (χ4n) is 1.25. The van der Waals surface area contributed by atoms with Crippen LogP contribution < -0.4 is 4.74 Å². The number of rotatable bonds is 2. The Morgan fingerprint density at radius 1 is 1.50 bits per heavy atom. The van der Waals surface area contributed by atoms with Gasteiger partial charge in [0.25, 0.3) is 0 Å². The predicted molar refractivity (Wildman–Crippen MR) is 59.7 cm³/mol. The van der Waals surface area contributed by atoms with E-state index in [1.165, 1.54) is 11.3 Å². The van der Waals surface area contributed by atoms with Crippen LogP contribution in [0.1, 0.15) is 6.92 Å². The molecular weight excluding hydrogens is 220 g/mol. The Hall–Kier alpha value is -0.930. The molecule has 4 heteroatoms. The van der Waals surface area contributed by atoms with E-state index in [0.29, 0.717) is 11.6 Å². The summed E-state index contributed by atoms with van der Waals surface area (Å²) in [5, 5.41) is 11.8. The van der Waals surface area contributed by atoms with Crippen LogP contribution in [0.15, 0.2) is 18.2 Å². The predicted octanol–water partition coefficient (Wildman–Crippen LogP) is 3.66. The van der Waals surface area contributed by atoms with Gasteiger partial charge in [0.05, 0.1) is 16.3 Å². The van der Waals surface area contributed by atoms with E-state index in [0.717, 1.165) is 15.1 Å². The Labute approximate surface area is 90.7 Å². The Kier molecular flexibility index (Phi) is 2.52. The van der Waals surface area contributed by atoms with E-state index in [-0.39, 0.29) is 5.75 Å². The molecule has 0 aliphatic heterocycles. The van der Waals surface area contributed by atoms with E-state index >= 15 is 0 Å². The van der Waals surface area contributed by atoms with Crippen molar-refractivity contribution in [3.8, 4) is 10.8 Å². The lowest BCUT2D eigenvalue weighted by Crippen LogP contribution is -1.86. The second-order valence-corrected chi connectivity index (χ2v) is 4.23. The summed E-state index contributed by atoms with van der Waals surface area (Å²) in [6.45, 7) is 2.55. The summed E-state index contributed by atoms with van der Waals surface area (Å²) in [5.74, 6) is 0.139. The van der Waals surface area contributed by atoms with Crippen LogP contribution in [-0.4, -0.2) is 11.7 Å². The summed E-state index contributed by atoms with van der Waals surface area (Å²) in [6.07, 6.45) is 0. The number of halogens is 1. The average Bonchev–Trinajstić information content (AvgIpc) is 2.56. The second-order valence-electron chi connectivity index (χ2n) is 2.81. The van der Waals surface area contributed by atoms with Crippen LogP contribution in [0.3, 0.4) is 0 Å². The van der Waals surface area contributed by atoms with Gasteiger partial charge in [-0.05, 0) is 19.1 Å². The van der Waals surface area contributed by atoms with Gasteiger partial charge in [0.2, 0.25) is 0 Å². The van der Waals surface area contributed by atoms with Crippen LogP contribution >= 0.6 is 22.9 Å². The molecule has 1 aromatic heterocycles. The number of fused-ring (bicyclic) bond motifs is 1. The van der Waals surface area contributed by atoms with E-state index in [1.807, 2.05) is 19.1 Å². The summed E-state index contributed by atoms with van der Waals surface area (Å²) in [4.78, 5) is 0. The van der Waals surface area contributed by atoms with E-state index in [1.54, 1.807) is 6.07 Å². The molecule has 1 aromatic carbocycles. The van der Waals surface area contributed by atoms with E-state index in [9.17, 15) is 5.11 Å². The zero-order valence-electron chi connectivity index (χ0n) is 7.58. The fraction of sp³-hybridized carbons (Fsp3) is 0.200. The van der Waals surface area contributed by atoms with Gasteiger partial charge in [-0.15, -0.1) is 0 Å². The Morgan fingerprint density at radius 2 is 2.29 bits per heavy atom. The highest BCUT2D eigenvalue weighted by Gasteiger charge is 2.09. The molecule has 0 radical (unpaired) electrons. The fourth-order valence-corrected chi connectivity index (χ4v) is 2.48. The van der Waals surface area contributed by atoms with Gasteiger partial charge < -0.3 is 9.84 Å². The number of hydrogen-bond acceptors (Lipinski definition) is 3. The van der Waals surface area contributed by atoms with E-state index < -0.39 is 0 Å². The van der Waals surface area contributed by atoms with Crippen molar-refractivity contribution >= 4 is 33.0 Å². The molecule has 0 aliphatic carbocycles. The van der Waals surface area contributed by atoms with Crippen LogP contribution in [0.25, 0.3) is 10.1 Å². The molecule has 0 fully saturated rings. The van der Waals surface area contributed by atoms with Gasteiger partial charge in [-0.25, -0.2) is 0 Å². The molecule has 2 nitrogen and oxygen atoms in total.